The van der Waals surface area contributed by atoms with Gasteiger partial charge in [0, 0.05) is 24.4 Å². The first kappa shape index (κ1) is 13.7. The molecule has 0 saturated heterocycles. The molecule has 0 aliphatic heterocycles. The third-order valence-electron chi connectivity index (χ3n) is 2.62. The Morgan fingerprint density at radius 2 is 2.25 bits per heavy atom. The van der Waals surface area contributed by atoms with Crippen LogP contribution in [0.5, 0.6) is 0 Å². The molecule has 1 N–H and O–H groups in total. The van der Waals surface area contributed by atoms with Crippen LogP contribution in [-0.2, 0) is 4.79 Å². The number of nitrogens with zero attached hydrogens (tertiary/aromatic N) is 1. The number of amides is 1. The van der Waals surface area contributed by atoms with Gasteiger partial charge in [0.05, 0.1) is 0 Å². The number of pyridine rings is 1. The predicted octanol–water partition coefficient (Wildman–Crippen LogP) is 2.61. The van der Waals surface area contributed by atoms with Gasteiger partial charge >= 0.3 is 5.63 Å². The molecule has 0 aliphatic rings. The fourth-order valence-electron chi connectivity index (χ4n) is 1.62. The van der Waals surface area contributed by atoms with Crippen LogP contribution in [-0.4, -0.2) is 10.9 Å². The molecule has 5 nitrogen and oxygen atoms in total. The Bertz CT molecular complexity index is 662. The van der Waals surface area contributed by atoms with Gasteiger partial charge in [0.15, 0.2) is 0 Å². The van der Waals surface area contributed by atoms with E-state index < -0.39 is 5.63 Å². The molecule has 102 valence electrons. The number of hydrogen-bond acceptors (Lipinski definition) is 4. The Labute approximate surface area is 116 Å². The van der Waals surface area contributed by atoms with Gasteiger partial charge < -0.3 is 9.73 Å². The summed E-state index contributed by atoms with van der Waals surface area (Å²) in [6, 6.07) is 6.69. The zero-order chi connectivity index (χ0) is 14.4. The second-order valence-electron chi connectivity index (χ2n) is 4.12. The Balaban J connectivity index is 2.16. The number of nitrogens with one attached hydrogen (secondary N) is 1. The van der Waals surface area contributed by atoms with E-state index in [9.17, 15) is 9.59 Å². The van der Waals surface area contributed by atoms with Gasteiger partial charge in [-0.2, -0.15) is 0 Å². The van der Waals surface area contributed by atoms with Gasteiger partial charge in [0.1, 0.15) is 11.4 Å². The molecule has 2 aromatic rings. The molecule has 2 aromatic heterocycles. The highest BCUT2D eigenvalue weighted by Crippen LogP contribution is 2.17. The topological polar surface area (TPSA) is 72.2 Å². The zero-order valence-electron chi connectivity index (χ0n) is 10.8. The summed E-state index contributed by atoms with van der Waals surface area (Å²) in [4.78, 5) is 27.3. The summed E-state index contributed by atoms with van der Waals surface area (Å²) < 4.78 is 5.17. The van der Waals surface area contributed by atoms with Gasteiger partial charge in [0.2, 0.25) is 5.91 Å². The second-order valence-corrected chi connectivity index (χ2v) is 4.12. The Kier molecular flexibility index (Phi) is 4.44. The van der Waals surface area contributed by atoms with Gasteiger partial charge in [-0.15, -0.1) is 6.58 Å². The number of carbonyl (C=O) groups excluding carboxylic acids is 1. The predicted molar refractivity (Wildman–Crippen MR) is 76.3 cm³/mol. The molecule has 5 heteroatoms. The van der Waals surface area contributed by atoms with E-state index in [2.05, 4.69) is 16.9 Å². The van der Waals surface area contributed by atoms with E-state index in [1.54, 1.807) is 36.7 Å². The average Bonchev–Trinajstić information content (AvgIpc) is 2.48. The van der Waals surface area contributed by atoms with Crippen molar-refractivity contribution in [3.8, 4) is 11.3 Å². The highest BCUT2D eigenvalue weighted by atomic mass is 16.4. The minimum absolute atomic E-state index is 0.131. The van der Waals surface area contributed by atoms with Crippen LogP contribution in [0.1, 0.15) is 12.8 Å². The number of aromatic nitrogens is 1. The first-order chi connectivity index (χ1) is 9.70. The van der Waals surface area contributed by atoms with Crippen molar-refractivity contribution in [2.24, 2.45) is 0 Å². The quantitative estimate of drug-likeness (QED) is 0.848. The number of rotatable bonds is 5. The van der Waals surface area contributed by atoms with Crippen molar-refractivity contribution < 1.29 is 9.21 Å². The number of anilines is 1. The number of carbonyl (C=O) groups is 1. The van der Waals surface area contributed by atoms with Crippen LogP contribution in [0.3, 0.4) is 0 Å². The third-order valence-corrected chi connectivity index (χ3v) is 2.62. The van der Waals surface area contributed by atoms with Crippen LogP contribution < -0.4 is 10.9 Å². The molecule has 0 radical (unpaired) electrons. The van der Waals surface area contributed by atoms with Gasteiger partial charge in [-0.25, -0.2) is 4.79 Å². The van der Waals surface area contributed by atoms with Crippen LogP contribution in [0.4, 0.5) is 5.69 Å². The van der Waals surface area contributed by atoms with Crippen molar-refractivity contribution in [2.45, 2.75) is 12.8 Å². The van der Waals surface area contributed by atoms with E-state index in [0.717, 1.165) is 0 Å². The monoisotopic (exact) mass is 270 g/mol. The second kappa shape index (κ2) is 6.47. The first-order valence-electron chi connectivity index (χ1n) is 6.16. The van der Waals surface area contributed by atoms with Crippen molar-refractivity contribution in [3.63, 3.8) is 0 Å². The lowest BCUT2D eigenvalue weighted by molar-refractivity contribution is -0.116. The molecule has 2 rings (SSSR count). The maximum Gasteiger partial charge on any atom is 0.360 e. The van der Waals surface area contributed by atoms with E-state index in [1.165, 1.54) is 6.07 Å². The van der Waals surface area contributed by atoms with Crippen LogP contribution in [0.15, 0.2) is 58.5 Å². The minimum atomic E-state index is -0.585. The molecule has 0 saturated carbocycles. The highest BCUT2D eigenvalue weighted by Gasteiger charge is 2.08. The summed E-state index contributed by atoms with van der Waals surface area (Å²) >= 11 is 0. The maximum absolute atomic E-state index is 11.8. The van der Waals surface area contributed by atoms with Crippen molar-refractivity contribution in [1.29, 1.82) is 0 Å². The molecule has 0 unspecified atom stereocenters. The van der Waals surface area contributed by atoms with Gasteiger partial charge in [0.25, 0.3) is 0 Å². The Morgan fingerprint density at radius 1 is 1.40 bits per heavy atom. The summed E-state index contributed by atoms with van der Waals surface area (Å²) in [6.07, 6.45) is 5.72. The van der Waals surface area contributed by atoms with Crippen molar-refractivity contribution in [2.75, 3.05) is 5.32 Å². The molecule has 0 bridgehead atoms. The van der Waals surface area contributed by atoms with E-state index in [-0.39, 0.29) is 18.0 Å². The standard InChI is InChI=1S/C15H14N2O3/c1-2-3-6-14(18)17-12-7-8-13(20-15(12)19)11-5-4-9-16-10-11/h2,4-5,7-10H,1,3,6H2,(H,17,18). The summed E-state index contributed by atoms with van der Waals surface area (Å²) in [7, 11) is 0. The Hall–Kier alpha value is -2.69. The van der Waals surface area contributed by atoms with Crippen LogP contribution in [0, 0.1) is 0 Å². The maximum atomic E-state index is 11.8. The van der Waals surface area contributed by atoms with Gasteiger partial charge in [-0.1, -0.05) is 6.08 Å². The van der Waals surface area contributed by atoms with Crippen molar-refractivity contribution in [3.05, 3.63) is 59.7 Å². The summed E-state index contributed by atoms with van der Waals surface area (Å²) in [5.41, 5.74) is 0.249. The van der Waals surface area contributed by atoms with Crippen molar-refractivity contribution in [1.82, 2.24) is 4.98 Å². The SMILES string of the molecule is C=CCCC(=O)Nc1ccc(-c2cccnc2)oc1=O. The molecule has 0 spiro atoms. The summed E-state index contributed by atoms with van der Waals surface area (Å²) in [5.74, 6) is 0.165. The molecule has 0 atom stereocenters. The number of allylic oxidation sites excluding steroid dienone is 1. The van der Waals surface area contributed by atoms with Gasteiger partial charge in [-0.3, -0.25) is 9.78 Å². The largest absolute Gasteiger partial charge is 0.421 e. The smallest absolute Gasteiger partial charge is 0.360 e. The lowest BCUT2D eigenvalue weighted by Gasteiger charge is -2.04. The van der Waals surface area contributed by atoms with Crippen LogP contribution in [0.2, 0.25) is 0 Å². The van der Waals surface area contributed by atoms with E-state index in [4.69, 9.17) is 4.42 Å². The zero-order valence-corrected chi connectivity index (χ0v) is 10.8. The molecular weight excluding hydrogens is 256 g/mol. The fourth-order valence-corrected chi connectivity index (χ4v) is 1.62. The molecule has 1 amide bonds. The van der Waals surface area contributed by atoms with Crippen LogP contribution >= 0.6 is 0 Å². The molecule has 2 heterocycles. The normalized spacial score (nSPS) is 10.0. The summed E-state index contributed by atoms with van der Waals surface area (Å²) in [5, 5.41) is 2.52. The summed E-state index contributed by atoms with van der Waals surface area (Å²) in [6.45, 7) is 3.54. The lowest BCUT2D eigenvalue weighted by Crippen LogP contribution is -2.17. The molecule has 20 heavy (non-hydrogen) atoms. The first-order valence-corrected chi connectivity index (χ1v) is 6.16. The third kappa shape index (κ3) is 3.41. The Morgan fingerprint density at radius 3 is 2.90 bits per heavy atom. The van der Waals surface area contributed by atoms with E-state index in [1.807, 2.05) is 0 Å². The van der Waals surface area contributed by atoms with E-state index in [0.29, 0.717) is 17.7 Å². The molecule has 0 aliphatic carbocycles. The van der Waals surface area contributed by atoms with E-state index >= 15 is 0 Å². The van der Waals surface area contributed by atoms with Gasteiger partial charge in [-0.05, 0) is 30.7 Å². The number of hydrogen-bond donors (Lipinski definition) is 1. The molecule has 0 aromatic carbocycles. The van der Waals surface area contributed by atoms with Crippen LogP contribution in [0.25, 0.3) is 11.3 Å². The minimum Gasteiger partial charge on any atom is -0.421 e. The molecular formula is C15H14N2O3. The molecule has 0 fully saturated rings. The van der Waals surface area contributed by atoms with Crippen molar-refractivity contribution >= 4 is 11.6 Å². The fraction of sp³-hybridized carbons (Fsp3) is 0.133. The highest BCUT2D eigenvalue weighted by molar-refractivity contribution is 5.90. The lowest BCUT2D eigenvalue weighted by atomic mass is 10.2. The average molecular weight is 270 g/mol.